The Bertz CT molecular complexity index is 499. The molecule has 0 aromatic carbocycles. The Morgan fingerprint density at radius 3 is 2.95 bits per heavy atom. The lowest BCUT2D eigenvalue weighted by molar-refractivity contribution is 0.167. The van der Waals surface area contributed by atoms with Crippen LogP contribution >= 0.6 is 0 Å². The first-order chi connectivity index (χ1) is 10.2. The minimum Gasteiger partial charge on any atom is -0.464 e. The smallest absolute Gasteiger partial charge is 0.407 e. The molecule has 0 spiro atoms. The summed E-state index contributed by atoms with van der Waals surface area (Å²) in [4.78, 5) is 25.6. The summed E-state index contributed by atoms with van der Waals surface area (Å²) >= 11 is 0. The molecule has 10 heteroatoms. The normalized spacial score (nSPS) is 17.5. The molecule has 1 aliphatic heterocycles. The number of anilines is 2. The molecule has 2 heterocycles. The van der Waals surface area contributed by atoms with E-state index in [9.17, 15) is 4.79 Å². The number of rotatable bonds is 5. The molecule has 1 unspecified atom stereocenters. The molecule has 4 N–H and O–H groups in total. The second-order valence-corrected chi connectivity index (χ2v) is 4.39. The fraction of sp³-hybridized carbons (Fsp3) is 0.636. The van der Waals surface area contributed by atoms with Crippen LogP contribution in [0.3, 0.4) is 0 Å². The Morgan fingerprint density at radius 1 is 1.48 bits per heavy atom. The maximum Gasteiger partial charge on any atom is 0.407 e. The zero-order chi connectivity index (χ0) is 15.2. The van der Waals surface area contributed by atoms with E-state index in [1.165, 1.54) is 7.11 Å². The van der Waals surface area contributed by atoms with Gasteiger partial charge < -0.3 is 19.7 Å². The predicted octanol–water partition coefficient (Wildman–Crippen LogP) is -0.509. The van der Waals surface area contributed by atoms with Crippen LogP contribution in [0.1, 0.15) is 13.3 Å². The van der Waals surface area contributed by atoms with E-state index in [4.69, 9.17) is 10.6 Å². The molecule has 0 saturated carbocycles. The number of hydrogen-bond donors (Lipinski definition) is 3. The van der Waals surface area contributed by atoms with Crippen LogP contribution in [0.2, 0.25) is 0 Å². The van der Waals surface area contributed by atoms with Gasteiger partial charge in [-0.3, -0.25) is 5.43 Å². The fourth-order valence-electron chi connectivity index (χ4n) is 2.03. The van der Waals surface area contributed by atoms with Gasteiger partial charge in [0.1, 0.15) is 0 Å². The number of ether oxygens (including phenoxy) is 2. The Labute approximate surface area is 122 Å². The zero-order valence-corrected chi connectivity index (χ0v) is 12.0. The summed E-state index contributed by atoms with van der Waals surface area (Å²) in [6, 6.07) is 0.193. The highest BCUT2D eigenvalue weighted by atomic mass is 16.5. The summed E-state index contributed by atoms with van der Waals surface area (Å²) in [5.74, 6) is 6.03. The largest absolute Gasteiger partial charge is 0.464 e. The fourth-order valence-corrected chi connectivity index (χ4v) is 2.03. The number of nitrogens with zero attached hydrogens (tertiary/aromatic N) is 4. The Morgan fingerprint density at radius 2 is 2.29 bits per heavy atom. The van der Waals surface area contributed by atoms with Gasteiger partial charge in [-0.2, -0.15) is 15.0 Å². The molecule has 0 radical (unpaired) electrons. The van der Waals surface area contributed by atoms with Gasteiger partial charge in [-0.25, -0.2) is 10.6 Å². The lowest BCUT2D eigenvalue weighted by Gasteiger charge is -2.17. The van der Waals surface area contributed by atoms with Gasteiger partial charge in [0, 0.05) is 13.1 Å². The molecule has 116 valence electrons. The van der Waals surface area contributed by atoms with Gasteiger partial charge in [-0.1, -0.05) is 0 Å². The first-order valence-corrected chi connectivity index (χ1v) is 6.61. The van der Waals surface area contributed by atoms with Crippen LogP contribution in [-0.2, 0) is 4.74 Å². The van der Waals surface area contributed by atoms with Gasteiger partial charge in [-0.15, -0.1) is 0 Å². The quantitative estimate of drug-likeness (QED) is 0.486. The molecule has 2 rings (SSSR count). The Balaban J connectivity index is 2.08. The lowest BCUT2D eigenvalue weighted by Crippen LogP contribution is -2.37. The predicted molar refractivity (Wildman–Crippen MR) is 75.0 cm³/mol. The first kappa shape index (κ1) is 15.0. The maximum absolute atomic E-state index is 11.2. The van der Waals surface area contributed by atoms with Crippen molar-refractivity contribution in [3.63, 3.8) is 0 Å². The topological polar surface area (TPSA) is 128 Å². The minimum absolute atomic E-state index is 0.0148. The van der Waals surface area contributed by atoms with Crippen LogP contribution in [0.25, 0.3) is 0 Å². The summed E-state index contributed by atoms with van der Waals surface area (Å²) < 4.78 is 9.87. The third-order valence-corrected chi connectivity index (χ3v) is 2.98. The van der Waals surface area contributed by atoms with E-state index in [-0.39, 0.29) is 18.0 Å². The van der Waals surface area contributed by atoms with Gasteiger partial charge in [0.2, 0.25) is 11.9 Å². The second kappa shape index (κ2) is 6.88. The van der Waals surface area contributed by atoms with E-state index in [0.717, 1.165) is 6.42 Å². The van der Waals surface area contributed by atoms with Crippen molar-refractivity contribution in [3.05, 3.63) is 0 Å². The van der Waals surface area contributed by atoms with Gasteiger partial charge in [0.05, 0.1) is 19.8 Å². The van der Waals surface area contributed by atoms with Crippen LogP contribution < -0.4 is 26.2 Å². The maximum atomic E-state index is 11.2. The Kier molecular flexibility index (Phi) is 4.93. The number of hydrazine groups is 1. The van der Waals surface area contributed by atoms with Crippen LogP contribution in [0.15, 0.2) is 0 Å². The van der Waals surface area contributed by atoms with E-state index in [1.54, 1.807) is 0 Å². The van der Waals surface area contributed by atoms with Gasteiger partial charge in [-0.05, 0) is 13.3 Å². The number of amides is 1. The van der Waals surface area contributed by atoms with Crippen LogP contribution in [0.4, 0.5) is 16.7 Å². The summed E-state index contributed by atoms with van der Waals surface area (Å²) in [5.41, 5.74) is 2.38. The molecular formula is C11H19N7O3. The first-order valence-electron chi connectivity index (χ1n) is 6.61. The molecule has 1 aromatic heterocycles. The zero-order valence-electron chi connectivity index (χ0n) is 12.0. The van der Waals surface area contributed by atoms with Crippen LogP contribution in [-0.4, -0.2) is 53.9 Å². The van der Waals surface area contributed by atoms with Crippen LogP contribution in [0.5, 0.6) is 6.01 Å². The summed E-state index contributed by atoms with van der Waals surface area (Å²) in [6.07, 6.45) is 0.327. The van der Waals surface area contributed by atoms with Crippen molar-refractivity contribution < 1.29 is 14.3 Å². The van der Waals surface area contributed by atoms with Gasteiger partial charge >= 0.3 is 12.1 Å². The molecule has 1 amide bonds. The number of nitrogens with one attached hydrogen (secondary N) is 2. The Hall–Kier alpha value is -2.36. The SMILES string of the molecule is CCOc1nc(NN)nc(N2CCC(NC(=O)OC)C2)n1. The molecule has 10 nitrogen and oxygen atoms in total. The molecule has 0 bridgehead atoms. The van der Waals surface area contributed by atoms with Crippen molar-refractivity contribution in [1.29, 1.82) is 0 Å². The van der Waals surface area contributed by atoms with E-state index < -0.39 is 6.09 Å². The number of aromatic nitrogens is 3. The average Bonchev–Trinajstić information content (AvgIpc) is 2.95. The average molecular weight is 297 g/mol. The second-order valence-electron chi connectivity index (χ2n) is 4.39. The lowest BCUT2D eigenvalue weighted by atomic mass is 10.3. The summed E-state index contributed by atoms with van der Waals surface area (Å²) in [6.45, 7) is 3.56. The third kappa shape index (κ3) is 3.81. The van der Waals surface area contributed by atoms with E-state index >= 15 is 0 Å². The number of hydrogen-bond acceptors (Lipinski definition) is 9. The number of nitrogens with two attached hydrogens (primary N) is 1. The molecule has 1 aliphatic rings. The van der Waals surface area contributed by atoms with Crippen molar-refractivity contribution in [2.45, 2.75) is 19.4 Å². The molecular weight excluding hydrogens is 278 g/mol. The van der Waals surface area contributed by atoms with Crippen LogP contribution in [0, 0.1) is 0 Å². The number of nitrogen functional groups attached to an aromatic ring is 1. The molecule has 1 atom stereocenters. The number of methoxy groups -OCH3 is 1. The van der Waals surface area contributed by atoms with E-state index in [1.807, 2.05) is 11.8 Å². The van der Waals surface area contributed by atoms with Crippen molar-refractivity contribution in [2.75, 3.05) is 37.1 Å². The van der Waals surface area contributed by atoms with Crippen molar-refractivity contribution in [1.82, 2.24) is 20.3 Å². The van der Waals surface area contributed by atoms with E-state index in [0.29, 0.717) is 25.6 Å². The number of carbonyl (C=O) groups is 1. The van der Waals surface area contributed by atoms with Gasteiger partial charge in [0.15, 0.2) is 0 Å². The van der Waals surface area contributed by atoms with Crippen molar-refractivity contribution in [2.24, 2.45) is 5.84 Å². The number of carbonyl (C=O) groups excluding carboxylic acids is 1. The monoisotopic (exact) mass is 297 g/mol. The summed E-state index contributed by atoms with van der Waals surface area (Å²) in [7, 11) is 1.33. The molecule has 1 fully saturated rings. The molecule has 1 aromatic rings. The highest BCUT2D eigenvalue weighted by Gasteiger charge is 2.26. The molecule has 1 saturated heterocycles. The van der Waals surface area contributed by atoms with Gasteiger partial charge in [0.25, 0.3) is 0 Å². The molecule has 21 heavy (non-hydrogen) atoms. The van der Waals surface area contributed by atoms with Crippen molar-refractivity contribution >= 4 is 18.0 Å². The number of alkyl carbamates (subject to hydrolysis) is 1. The third-order valence-electron chi connectivity index (χ3n) is 2.98. The molecule has 0 aliphatic carbocycles. The summed E-state index contributed by atoms with van der Waals surface area (Å²) in [5, 5.41) is 2.75. The highest BCUT2D eigenvalue weighted by molar-refractivity contribution is 5.67. The van der Waals surface area contributed by atoms with E-state index in [2.05, 4.69) is 30.4 Å². The minimum atomic E-state index is -0.447. The van der Waals surface area contributed by atoms with Crippen molar-refractivity contribution in [3.8, 4) is 6.01 Å². The standard InChI is InChI=1S/C11H19N7O3/c1-3-21-10-15-8(17-12)14-9(16-10)18-5-4-7(6-18)13-11(19)20-2/h7H,3-6,12H2,1-2H3,(H,13,19)(H,14,15,16,17). The highest BCUT2D eigenvalue weighted by Crippen LogP contribution is 2.19.